The molecule has 0 saturated heterocycles. The predicted octanol–water partition coefficient (Wildman–Crippen LogP) is 4.46. The number of halogens is 4. The van der Waals surface area contributed by atoms with Crippen molar-refractivity contribution in [2.45, 2.75) is 67.3 Å². The zero-order chi connectivity index (χ0) is 45.0. The van der Waals surface area contributed by atoms with E-state index in [1.54, 1.807) is 44.4 Å². The molecule has 1 atom stereocenters. The molecule has 2 aliphatic rings. The Balaban J connectivity index is 0.00000163. The molecule has 0 spiro atoms. The summed E-state index contributed by atoms with van der Waals surface area (Å²) in [5, 5.41) is 9.74. The van der Waals surface area contributed by atoms with Gasteiger partial charge in [0, 0.05) is 60.3 Å². The number of rotatable bonds is 10. The summed E-state index contributed by atoms with van der Waals surface area (Å²) in [6.45, 7) is 7.61. The van der Waals surface area contributed by atoms with Crippen molar-refractivity contribution < 1.29 is 66.0 Å². The van der Waals surface area contributed by atoms with E-state index in [-0.39, 0.29) is 46.0 Å². The zero-order valence-corrected chi connectivity index (χ0v) is 36.0. The van der Waals surface area contributed by atoms with E-state index < -0.39 is 98.9 Å². The fourth-order valence-electron chi connectivity index (χ4n) is 7.89. The van der Waals surface area contributed by atoms with E-state index in [4.69, 9.17) is 17.7 Å². The highest BCUT2D eigenvalue weighted by Crippen LogP contribution is 2.45. The number of benzene rings is 4. The molecule has 6 rings (SSSR count). The van der Waals surface area contributed by atoms with Gasteiger partial charge in [-0.05, 0) is 66.1 Å². The summed E-state index contributed by atoms with van der Waals surface area (Å²) in [5.74, 6) is -11.0. The standard InChI is InChI=1S/C39H38F4N2O8S3.O3S/c1-38(2)16-21(19-55(48,49)50)25-14-26-28(15-29(25)45(38)17-20-7-10-23(11-8-20)56(51,52)53)39(3,4)27-13-22(44(5)6)9-12-24(27)31(26)32-33(40)35(42)37(36(43)34(32)41)54-18-30(46)47;1-4(2)3/h7-15,21H,16-19H2,1-6H3,(H2-,46,47,48,49,50,51,52,53);/p+1. The first-order chi connectivity index (χ1) is 27.6. The van der Waals surface area contributed by atoms with Crippen LogP contribution in [0.15, 0.2) is 64.4 Å². The molecule has 0 saturated carbocycles. The maximum atomic E-state index is 16.4. The zero-order valence-electron chi connectivity index (χ0n) is 32.7. The second-order valence-electron chi connectivity index (χ2n) is 15.6. The van der Waals surface area contributed by atoms with Crippen molar-refractivity contribution in [3.8, 4) is 0 Å². The molecule has 0 radical (unpaired) electrons. The smallest absolute Gasteiger partial charge is 0.425 e. The van der Waals surface area contributed by atoms with E-state index in [9.17, 15) is 30.7 Å². The van der Waals surface area contributed by atoms with Gasteiger partial charge in [0.15, 0.2) is 35.4 Å². The number of hydrogen-bond acceptors (Lipinski definition) is 10. The normalized spacial score (nSPS) is 16.5. The van der Waals surface area contributed by atoms with E-state index >= 15 is 17.6 Å². The number of aliphatic carboxylic acids is 1. The minimum Gasteiger partial charge on any atom is -0.481 e. The molecule has 13 nitrogen and oxygen atoms in total. The molecule has 0 amide bonds. The molecule has 1 heterocycles. The fraction of sp³-hybridized carbons (Fsp3) is 0.333. The Kier molecular flexibility index (Phi) is 12.9. The minimum absolute atomic E-state index is 0.0957. The summed E-state index contributed by atoms with van der Waals surface area (Å²) in [6, 6.07) is 13.9. The molecule has 0 bridgehead atoms. The summed E-state index contributed by atoms with van der Waals surface area (Å²) >= 11 is 0.0957. The molecule has 21 heteroatoms. The highest BCUT2D eigenvalue weighted by Gasteiger charge is 2.44. The maximum absolute atomic E-state index is 16.4. The van der Waals surface area contributed by atoms with Gasteiger partial charge in [-0.1, -0.05) is 32.0 Å². The highest BCUT2D eigenvalue weighted by molar-refractivity contribution is 8.00. The van der Waals surface area contributed by atoms with Gasteiger partial charge in [0.1, 0.15) is 0 Å². The van der Waals surface area contributed by atoms with E-state index in [0.29, 0.717) is 33.3 Å². The molecule has 4 aromatic carbocycles. The Bertz CT molecular complexity index is 2890. The average Bonchev–Trinajstić information content (AvgIpc) is 3.12. The summed E-state index contributed by atoms with van der Waals surface area (Å²) < 4.78 is 160. The lowest BCUT2D eigenvalue weighted by molar-refractivity contribution is -0.133. The van der Waals surface area contributed by atoms with Crippen LogP contribution in [0.1, 0.15) is 73.4 Å². The molecule has 322 valence electrons. The van der Waals surface area contributed by atoms with Crippen LogP contribution in [-0.2, 0) is 47.6 Å². The number of carboxylic acid groups (broad SMARTS) is 1. The first kappa shape index (κ1) is 46.4. The van der Waals surface area contributed by atoms with Crippen LogP contribution in [0.25, 0.3) is 5.57 Å². The molecule has 1 aliphatic heterocycles. The van der Waals surface area contributed by atoms with Crippen molar-refractivity contribution in [2.24, 2.45) is 0 Å². The van der Waals surface area contributed by atoms with Crippen molar-refractivity contribution in [2.75, 3.05) is 30.5 Å². The summed E-state index contributed by atoms with van der Waals surface area (Å²) in [4.78, 5) is 11.5. The highest BCUT2D eigenvalue weighted by atomic mass is 32.2. The van der Waals surface area contributed by atoms with Crippen LogP contribution in [0, 0.1) is 23.3 Å². The summed E-state index contributed by atoms with van der Waals surface area (Å²) in [6.07, 6.45) is 0.144. The van der Waals surface area contributed by atoms with Crippen molar-refractivity contribution in [1.82, 2.24) is 4.58 Å². The monoisotopic (exact) mass is 915 g/mol. The van der Waals surface area contributed by atoms with Gasteiger partial charge < -0.3 is 10.0 Å². The number of nitrogens with zero attached hydrogens (tertiary/aromatic N) is 2. The lowest BCUT2D eigenvalue weighted by Gasteiger charge is -2.37. The SMILES string of the molecule is CN(C)c1ccc2c(c1)C(C)(C)c1cc3c(cc1=C2c1c(F)c(F)c(SCC(=O)O)c(F)c1F)C(CS(=O)(=O)O)CC(C)(C)[N+]=3Cc1ccc(S(=O)(=O)O)cc1.O=S(=O)=O. The van der Waals surface area contributed by atoms with Crippen molar-refractivity contribution >= 4 is 59.8 Å². The Morgan fingerprint density at radius 3 is 1.93 bits per heavy atom. The number of hydrogen-bond donors (Lipinski definition) is 3. The van der Waals surface area contributed by atoms with Crippen molar-refractivity contribution in [3.05, 3.63) is 122 Å². The van der Waals surface area contributed by atoms with Crippen molar-refractivity contribution in [1.29, 1.82) is 0 Å². The van der Waals surface area contributed by atoms with Crippen LogP contribution in [0.4, 0.5) is 23.2 Å². The van der Waals surface area contributed by atoms with E-state index in [1.807, 2.05) is 37.2 Å². The van der Waals surface area contributed by atoms with Crippen LogP contribution >= 0.6 is 11.8 Å². The van der Waals surface area contributed by atoms with Gasteiger partial charge in [-0.2, -0.15) is 16.8 Å². The van der Waals surface area contributed by atoms with Gasteiger partial charge in [-0.3, -0.25) is 13.9 Å². The number of carbonyl (C=O) groups is 1. The van der Waals surface area contributed by atoms with Crippen LogP contribution in [0.5, 0.6) is 0 Å². The molecular weight excluding hydrogens is 877 g/mol. The second kappa shape index (κ2) is 16.7. The molecule has 60 heavy (non-hydrogen) atoms. The van der Waals surface area contributed by atoms with E-state index in [0.717, 1.165) is 0 Å². The molecule has 0 aromatic heterocycles. The number of anilines is 1. The van der Waals surface area contributed by atoms with Gasteiger partial charge in [-0.25, -0.2) is 22.1 Å². The third kappa shape index (κ3) is 9.30. The molecule has 4 aromatic rings. The number of carboxylic acids is 1. The molecular formula is C39H39F4N2O11S4+. The Morgan fingerprint density at radius 1 is 0.867 bits per heavy atom. The molecule has 1 unspecified atom stereocenters. The van der Waals surface area contributed by atoms with E-state index in [1.165, 1.54) is 24.3 Å². The first-order valence-electron chi connectivity index (χ1n) is 17.7. The maximum Gasteiger partial charge on any atom is 0.425 e. The fourth-order valence-corrected chi connectivity index (χ4v) is 9.87. The first-order valence-corrected chi connectivity index (χ1v) is 22.7. The van der Waals surface area contributed by atoms with Crippen LogP contribution in [-0.4, -0.2) is 80.8 Å². The molecule has 3 N–H and O–H groups in total. The average molecular weight is 916 g/mol. The van der Waals surface area contributed by atoms with Crippen molar-refractivity contribution in [3.63, 3.8) is 0 Å². The van der Waals surface area contributed by atoms with Gasteiger partial charge in [0.25, 0.3) is 20.2 Å². The number of fused-ring (bicyclic) bond motifs is 3. The Morgan fingerprint density at radius 2 is 1.43 bits per heavy atom. The summed E-state index contributed by atoms with van der Waals surface area (Å²) in [7, 11) is -8.60. The summed E-state index contributed by atoms with van der Waals surface area (Å²) in [5.41, 5.74) is -0.0814. The largest absolute Gasteiger partial charge is 0.481 e. The predicted molar refractivity (Wildman–Crippen MR) is 214 cm³/mol. The van der Waals surface area contributed by atoms with Gasteiger partial charge in [-0.15, -0.1) is 24.4 Å². The van der Waals surface area contributed by atoms with Gasteiger partial charge in [0.2, 0.25) is 5.36 Å². The van der Waals surface area contributed by atoms with E-state index in [2.05, 4.69) is 0 Å². The quantitative estimate of drug-likeness (QED) is 0.0663. The molecule has 1 aliphatic carbocycles. The minimum atomic E-state index is -4.60. The van der Waals surface area contributed by atoms with Crippen LogP contribution in [0.2, 0.25) is 0 Å². The topological polar surface area (TPSA) is 203 Å². The number of thioether (sulfide) groups is 1. The van der Waals surface area contributed by atoms with Gasteiger partial charge in [0.05, 0.1) is 26.9 Å². The lowest BCUT2D eigenvalue weighted by Crippen LogP contribution is -2.54. The second-order valence-corrected chi connectivity index (χ2v) is 19.9. The third-order valence-electron chi connectivity index (χ3n) is 10.6. The third-order valence-corrected chi connectivity index (χ3v) is 13.3. The molecule has 0 fully saturated rings. The van der Waals surface area contributed by atoms with Crippen LogP contribution < -0.4 is 20.1 Å². The lowest BCUT2D eigenvalue weighted by atomic mass is 9.67. The Labute approximate surface area is 348 Å². The van der Waals surface area contributed by atoms with Gasteiger partial charge >= 0.3 is 16.6 Å². The van der Waals surface area contributed by atoms with Crippen LogP contribution in [0.3, 0.4) is 0 Å². The Hall–Kier alpha value is -4.67.